The Kier molecular flexibility index (Phi) is 5.52. The maximum Gasteiger partial charge on any atom is 0.214 e. The Labute approximate surface area is 91.9 Å². The fourth-order valence-electron chi connectivity index (χ4n) is 1.57. The van der Waals surface area contributed by atoms with Crippen LogP contribution in [-0.2, 0) is 4.79 Å². The summed E-state index contributed by atoms with van der Waals surface area (Å²) in [5, 5.41) is 0. The molecule has 0 atom stereocenters. The Balaban J connectivity index is 2.39. The average molecular weight is 205 g/mol. The lowest BCUT2D eigenvalue weighted by Crippen LogP contribution is -2.22. The second-order valence-electron chi connectivity index (χ2n) is 3.70. The summed E-state index contributed by atoms with van der Waals surface area (Å²) in [5.41, 5.74) is 0.990. The average Bonchev–Trinajstić information content (AvgIpc) is 2.30. The number of hydrogen-bond acceptors (Lipinski definition) is 1. The van der Waals surface area contributed by atoms with E-state index in [0.717, 1.165) is 25.1 Å². The smallest absolute Gasteiger partial charge is 0.214 e. The van der Waals surface area contributed by atoms with Crippen molar-refractivity contribution >= 4 is 12.1 Å². The van der Waals surface area contributed by atoms with Crippen LogP contribution in [0.15, 0.2) is 30.3 Å². The molecular formula is C13H19NO. The van der Waals surface area contributed by atoms with Gasteiger partial charge in [0.25, 0.3) is 0 Å². The summed E-state index contributed by atoms with van der Waals surface area (Å²) in [6, 6.07) is 9.81. The number of rotatable bonds is 7. The van der Waals surface area contributed by atoms with E-state index < -0.39 is 0 Å². The molecule has 0 unspecified atom stereocenters. The molecule has 1 aromatic carbocycles. The first-order valence-corrected chi connectivity index (χ1v) is 5.65. The van der Waals surface area contributed by atoms with Gasteiger partial charge in [0.1, 0.15) is 0 Å². The number of anilines is 1. The molecule has 0 aliphatic heterocycles. The van der Waals surface area contributed by atoms with Gasteiger partial charge in [0, 0.05) is 12.2 Å². The van der Waals surface area contributed by atoms with Crippen molar-refractivity contribution in [3.8, 4) is 0 Å². The fourth-order valence-corrected chi connectivity index (χ4v) is 1.57. The highest BCUT2D eigenvalue weighted by molar-refractivity contribution is 5.74. The normalized spacial score (nSPS) is 9.93. The van der Waals surface area contributed by atoms with Gasteiger partial charge in [0.05, 0.1) is 0 Å². The first kappa shape index (κ1) is 11.8. The summed E-state index contributed by atoms with van der Waals surface area (Å²) in [6.45, 7) is 3.02. The third-order valence-electron chi connectivity index (χ3n) is 2.47. The lowest BCUT2D eigenvalue weighted by atomic mass is 10.2. The highest BCUT2D eigenvalue weighted by Crippen LogP contribution is 2.12. The SMILES string of the molecule is CCCCCCN(C=O)c1ccccc1. The second-order valence-corrected chi connectivity index (χ2v) is 3.70. The molecule has 0 saturated carbocycles. The lowest BCUT2D eigenvalue weighted by molar-refractivity contribution is -0.107. The first-order chi connectivity index (χ1) is 7.38. The van der Waals surface area contributed by atoms with Crippen molar-refractivity contribution in [1.82, 2.24) is 0 Å². The zero-order valence-corrected chi connectivity index (χ0v) is 9.36. The molecule has 1 amide bonds. The molecule has 0 aromatic heterocycles. The lowest BCUT2D eigenvalue weighted by Gasteiger charge is -2.16. The predicted octanol–water partition coefficient (Wildman–Crippen LogP) is 3.23. The molecule has 2 nitrogen and oxygen atoms in total. The monoisotopic (exact) mass is 205 g/mol. The maximum absolute atomic E-state index is 10.9. The standard InChI is InChI=1S/C13H19NO/c1-2-3-4-8-11-14(12-15)13-9-6-5-7-10-13/h5-7,9-10,12H,2-4,8,11H2,1H3. The molecule has 0 spiro atoms. The van der Waals surface area contributed by atoms with Crippen molar-refractivity contribution in [2.75, 3.05) is 11.4 Å². The number of carbonyl (C=O) groups is 1. The highest BCUT2D eigenvalue weighted by Gasteiger charge is 2.02. The third-order valence-corrected chi connectivity index (χ3v) is 2.47. The van der Waals surface area contributed by atoms with Gasteiger partial charge < -0.3 is 4.90 Å². The van der Waals surface area contributed by atoms with Crippen LogP contribution in [0.5, 0.6) is 0 Å². The van der Waals surface area contributed by atoms with Gasteiger partial charge >= 0.3 is 0 Å². The van der Waals surface area contributed by atoms with E-state index in [2.05, 4.69) is 6.92 Å². The van der Waals surface area contributed by atoms with Crippen molar-refractivity contribution in [2.24, 2.45) is 0 Å². The Morgan fingerprint density at radius 2 is 1.87 bits per heavy atom. The summed E-state index contributed by atoms with van der Waals surface area (Å²) >= 11 is 0. The number of hydrogen-bond donors (Lipinski definition) is 0. The molecular weight excluding hydrogens is 186 g/mol. The minimum absolute atomic E-state index is 0.827. The molecule has 0 fully saturated rings. The minimum Gasteiger partial charge on any atom is -0.315 e. The Morgan fingerprint density at radius 1 is 1.13 bits per heavy atom. The molecule has 0 heterocycles. The number of unbranched alkanes of at least 4 members (excludes halogenated alkanes) is 3. The van der Waals surface area contributed by atoms with E-state index in [0.29, 0.717) is 0 Å². The van der Waals surface area contributed by atoms with Gasteiger partial charge in [-0.3, -0.25) is 4.79 Å². The van der Waals surface area contributed by atoms with Crippen LogP contribution in [0.2, 0.25) is 0 Å². The van der Waals surface area contributed by atoms with Crippen LogP contribution in [-0.4, -0.2) is 13.0 Å². The van der Waals surface area contributed by atoms with E-state index in [4.69, 9.17) is 0 Å². The number of benzene rings is 1. The molecule has 0 bridgehead atoms. The van der Waals surface area contributed by atoms with E-state index in [1.165, 1.54) is 19.3 Å². The van der Waals surface area contributed by atoms with E-state index in [-0.39, 0.29) is 0 Å². The van der Waals surface area contributed by atoms with Gasteiger partial charge in [0.15, 0.2) is 0 Å². The van der Waals surface area contributed by atoms with Crippen molar-refractivity contribution in [2.45, 2.75) is 32.6 Å². The summed E-state index contributed by atoms with van der Waals surface area (Å²) < 4.78 is 0. The molecule has 82 valence electrons. The number of amides is 1. The van der Waals surface area contributed by atoms with Crippen molar-refractivity contribution < 1.29 is 4.79 Å². The molecule has 1 aromatic rings. The van der Waals surface area contributed by atoms with Crippen LogP contribution >= 0.6 is 0 Å². The van der Waals surface area contributed by atoms with Crippen molar-refractivity contribution in [3.63, 3.8) is 0 Å². The molecule has 0 radical (unpaired) electrons. The van der Waals surface area contributed by atoms with Gasteiger partial charge in [-0.25, -0.2) is 0 Å². The minimum atomic E-state index is 0.827. The van der Waals surface area contributed by atoms with Gasteiger partial charge in [-0.1, -0.05) is 44.4 Å². The van der Waals surface area contributed by atoms with Crippen LogP contribution < -0.4 is 4.90 Å². The molecule has 0 saturated heterocycles. The van der Waals surface area contributed by atoms with Crippen molar-refractivity contribution in [3.05, 3.63) is 30.3 Å². The molecule has 2 heteroatoms. The largest absolute Gasteiger partial charge is 0.315 e. The van der Waals surface area contributed by atoms with Gasteiger partial charge in [-0.05, 0) is 18.6 Å². The van der Waals surface area contributed by atoms with E-state index >= 15 is 0 Å². The molecule has 0 aliphatic rings. The second kappa shape index (κ2) is 7.04. The topological polar surface area (TPSA) is 20.3 Å². The van der Waals surface area contributed by atoms with Crippen LogP contribution in [0, 0.1) is 0 Å². The zero-order valence-electron chi connectivity index (χ0n) is 9.36. The zero-order chi connectivity index (χ0) is 10.9. The maximum atomic E-state index is 10.9. The van der Waals surface area contributed by atoms with Gasteiger partial charge in [-0.2, -0.15) is 0 Å². The summed E-state index contributed by atoms with van der Waals surface area (Å²) in [5.74, 6) is 0. The molecule has 15 heavy (non-hydrogen) atoms. The summed E-state index contributed by atoms with van der Waals surface area (Å²) in [4.78, 5) is 12.7. The van der Waals surface area contributed by atoms with E-state index in [9.17, 15) is 4.79 Å². The molecule has 1 rings (SSSR count). The van der Waals surface area contributed by atoms with Crippen LogP contribution in [0.4, 0.5) is 5.69 Å². The summed E-state index contributed by atoms with van der Waals surface area (Å²) in [6.07, 6.45) is 5.68. The molecule has 0 aliphatic carbocycles. The van der Waals surface area contributed by atoms with E-state index in [1.807, 2.05) is 30.3 Å². The Bertz CT molecular complexity index is 271. The van der Waals surface area contributed by atoms with E-state index in [1.54, 1.807) is 4.90 Å². The Hall–Kier alpha value is -1.31. The van der Waals surface area contributed by atoms with Gasteiger partial charge in [0.2, 0.25) is 6.41 Å². The first-order valence-electron chi connectivity index (χ1n) is 5.65. The number of para-hydroxylation sites is 1. The predicted molar refractivity (Wildman–Crippen MR) is 64.0 cm³/mol. The fraction of sp³-hybridized carbons (Fsp3) is 0.462. The highest BCUT2D eigenvalue weighted by atomic mass is 16.1. The molecule has 0 N–H and O–H groups in total. The van der Waals surface area contributed by atoms with Gasteiger partial charge in [-0.15, -0.1) is 0 Å². The number of carbonyl (C=O) groups excluding carboxylic acids is 1. The Morgan fingerprint density at radius 3 is 2.47 bits per heavy atom. The van der Waals surface area contributed by atoms with Crippen LogP contribution in [0.3, 0.4) is 0 Å². The third kappa shape index (κ3) is 4.15. The quantitative estimate of drug-likeness (QED) is 0.494. The van der Waals surface area contributed by atoms with Crippen LogP contribution in [0.25, 0.3) is 0 Å². The summed E-state index contributed by atoms with van der Waals surface area (Å²) in [7, 11) is 0. The number of nitrogens with zero attached hydrogens (tertiary/aromatic N) is 1. The van der Waals surface area contributed by atoms with Crippen LogP contribution in [0.1, 0.15) is 32.6 Å². The van der Waals surface area contributed by atoms with Crippen molar-refractivity contribution in [1.29, 1.82) is 0 Å².